The van der Waals surface area contributed by atoms with Crippen LogP contribution in [0.25, 0.3) is 0 Å². The van der Waals surface area contributed by atoms with Gasteiger partial charge in [-0.05, 0) is 65.6 Å². The summed E-state index contributed by atoms with van der Waals surface area (Å²) in [5, 5.41) is 10.6. The minimum atomic E-state index is -0.386. The molecule has 2 heterocycles. The average molecular weight is 618 g/mol. The number of halogens is 1. The van der Waals surface area contributed by atoms with Crippen molar-refractivity contribution < 1.29 is 14.3 Å². The van der Waals surface area contributed by atoms with Crippen molar-refractivity contribution in [3.05, 3.63) is 0 Å². The summed E-state index contributed by atoms with van der Waals surface area (Å²) >= 11 is 4.64. The molecule has 2 rings (SSSR count). The lowest BCUT2D eigenvalue weighted by Gasteiger charge is -2.46. The van der Waals surface area contributed by atoms with Crippen LogP contribution in [-0.4, -0.2) is 87.0 Å². The van der Waals surface area contributed by atoms with Gasteiger partial charge in [-0.25, -0.2) is 0 Å². The Morgan fingerprint density at radius 3 is 1.55 bits per heavy atom. The van der Waals surface area contributed by atoms with Crippen LogP contribution in [0.2, 0.25) is 0 Å². The van der Waals surface area contributed by atoms with Crippen LogP contribution in [0.5, 0.6) is 0 Å². The molecule has 2 saturated heterocycles. The van der Waals surface area contributed by atoms with Crippen molar-refractivity contribution in [3.63, 3.8) is 0 Å². The zero-order valence-electron chi connectivity index (χ0n) is 31.5. The van der Waals surface area contributed by atoms with E-state index >= 15 is 0 Å². The van der Waals surface area contributed by atoms with Gasteiger partial charge in [0.25, 0.3) is 0 Å². The Morgan fingerprint density at radius 1 is 0.738 bits per heavy atom. The van der Waals surface area contributed by atoms with E-state index in [-0.39, 0.29) is 16.9 Å². The van der Waals surface area contributed by atoms with Crippen molar-refractivity contribution in [1.29, 1.82) is 0 Å². The molecule has 2 fully saturated rings. The Bertz CT molecular complexity index is 722. The number of aliphatic hydroxyl groups excluding tert-OH is 1. The number of aliphatic hydroxyl groups is 1. The molecule has 254 valence electrons. The monoisotopic (exact) mass is 618 g/mol. The number of rotatable bonds is 13. The molecule has 2 aliphatic rings. The molecule has 5 heteroatoms. The van der Waals surface area contributed by atoms with Gasteiger partial charge < -0.3 is 19.2 Å². The van der Waals surface area contributed by atoms with Crippen molar-refractivity contribution in [2.45, 2.75) is 128 Å². The highest BCUT2D eigenvalue weighted by Crippen LogP contribution is 2.52. The Labute approximate surface area is 270 Å². The van der Waals surface area contributed by atoms with E-state index in [0.717, 1.165) is 44.5 Å². The van der Waals surface area contributed by atoms with Crippen LogP contribution in [0.15, 0.2) is 0 Å². The molecule has 0 spiro atoms. The highest BCUT2D eigenvalue weighted by Gasteiger charge is 2.49. The summed E-state index contributed by atoms with van der Waals surface area (Å²) in [6, 6.07) is 0. The number of likely N-dealkylation sites (tertiary alicyclic amines) is 2. The second-order valence-corrected chi connectivity index (χ2v) is 18.0. The summed E-state index contributed by atoms with van der Waals surface area (Å²) in [4.78, 5) is 2.54. The first-order valence-electron chi connectivity index (χ1n) is 17.3. The quantitative estimate of drug-likeness (QED) is 0.127. The Balaban J connectivity index is 0.00000402. The fraction of sp³-hybridized carbons (Fsp3) is 1.00. The van der Waals surface area contributed by atoms with Gasteiger partial charge in [-0.15, -0.1) is 11.6 Å². The van der Waals surface area contributed by atoms with Crippen molar-refractivity contribution >= 4 is 11.6 Å². The predicted molar refractivity (Wildman–Crippen MR) is 187 cm³/mol. The van der Waals surface area contributed by atoms with Crippen LogP contribution in [0.3, 0.4) is 0 Å². The third-order valence-electron chi connectivity index (χ3n) is 10.0. The molecule has 0 bridgehead atoms. The molecule has 0 aliphatic carbocycles. The molecule has 0 saturated carbocycles. The van der Waals surface area contributed by atoms with Crippen LogP contribution in [0.4, 0.5) is 0 Å². The van der Waals surface area contributed by atoms with E-state index in [9.17, 15) is 5.11 Å². The molecular formula is C37H78ClN2O2+. The summed E-state index contributed by atoms with van der Waals surface area (Å²) in [6.45, 7) is 37.7. The minimum absolute atomic E-state index is 0.263. The summed E-state index contributed by atoms with van der Waals surface area (Å²) < 4.78 is 6.83. The average Bonchev–Trinajstić information content (AvgIpc) is 3.30. The number of ether oxygens (including phenoxy) is 1. The van der Waals surface area contributed by atoms with Crippen LogP contribution >= 0.6 is 11.6 Å². The van der Waals surface area contributed by atoms with Crippen LogP contribution < -0.4 is 0 Å². The van der Waals surface area contributed by atoms with E-state index in [1.165, 1.54) is 49.6 Å². The van der Waals surface area contributed by atoms with Crippen LogP contribution in [-0.2, 0) is 4.74 Å². The fourth-order valence-corrected chi connectivity index (χ4v) is 7.90. The lowest BCUT2D eigenvalue weighted by atomic mass is 9.58. The van der Waals surface area contributed by atoms with Gasteiger partial charge >= 0.3 is 0 Å². The third-order valence-corrected chi connectivity index (χ3v) is 10.0. The standard InChI is InChI=1S/C34H69N2O2.C2H6.CH3Cl/c1-14-15-38-25-30(37)22-35-20-26(16-31(2,3)4)27(21-35)18-33(8,9)34(10,11)19-29-24-36(12,13)23-28(29)17-32(5,6)7;2*1-2/h26-30,37H,14-25H2,1-13H3;1-2H3;1H3/q+1;;. The molecule has 0 aromatic rings. The van der Waals surface area contributed by atoms with E-state index in [1.54, 1.807) is 0 Å². The molecule has 5 atom stereocenters. The zero-order valence-corrected chi connectivity index (χ0v) is 32.3. The van der Waals surface area contributed by atoms with E-state index in [1.807, 2.05) is 13.8 Å². The Kier molecular flexibility index (Phi) is 17.8. The first-order chi connectivity index (χ1) is 19.1. The lowest BCUT2D eigenvalue weighted by Crippen LogP contribution is -2.40. The lowest BCUT2D eigenvalue weighted by molar-refractivity contribution is -0.880. The van der Waals surface area contributed by atoms with Gasteiger partial charge in [0.2, 0.25) is 0 Å². The minimum Gasteiger partial charge on any atom is -0.389 e. The van der Waals surface area contributed by atoms with Crippen molar-refractivity contribution in [1.82, 2.24) is 4.90 Å². The number of hydrogen-bond acceptors (Lipinski definition) is 3. The van der Waals surface area contributed by atoms with Gasteiger partial charge in [-0.2, -0.15) is 0 Å². The normalized spacial score (nSPS) is 25.9. The third kappa shape index (κ3) is 14.9. The Hall–Kier alpha value is 0.130. The summed E-state index contributed by atoms with van der Waals surface area (Å²) in [7, 11) is 4.89. The smallest absolute Gasteiger partial charge is 0.0900 e. The molecule has 0 aromatic heterocycles. The summed E-state index contributed by atoms with van der Waals surface area (Å²) in [6.07, 6.45) is 7.29. The predicted octanol–water partition coefficient (Wildman–Crippen LogP) is 9.23. The highest BCUT2D eigenvalue weighted by atomic mass is 35.5. The molecule has 42 heavy (non-hydrogen) atoms. The topological polar surface area (TPSA) is 32.7 Å². The SMILES string of the molecule is CC.CCCOCC(O)CN1CC(CC(C)(C)C)C(CC(C)(C)C(C)(C)CC2C[N+](C)(C)CC2CC(C)(C)C)C1.CCl. The van der Waals surface area contributed by atoms with E-state index in [2.05, 4.69) is 107 Å². The second-order valence-electron chi connectivity index (χ2n) is 18.0. The van der Waals surface area contributed by atoms with Crippen molar-refractivity contribution in [3.8, 4) is 0 Å². The number of hydrogen-bond donors (Lipinski definition) is 1. The maximum absolute atomic E-state index is 10.6. The molecular weight excluding hydrogens is 540 g/mol. The second kappa shape index (κ2) is 17.7. The number of β-amino-alcohol motifs (C(OH)–C–C–N with tert-alkyl or cyclic N) is 1. The van der Waals surface area contributed by atoms with Gasteiger partial charge in [0, 0.05) is 44.5 Å². The Morgan fingerprint density at radius 2 is 1.12 bits per heavy atom. The molecule has 1 N–H and O–H groups in total. The van der Waals surface area contributed by atoms with Gasteiger partial charge in [0.15, 0.2) is 0 Å². The first kappa shape index (κ1) is 42.1. The van der Waals surface area contributed by atoms with Gasteiger partial charge in [-0.3, -0.25) is 0 Å². The maximum atomic E-state index is 10.6. The van der Waals surface area contributed by atoms with E-state index < -0.39 is 0 Å². The van der Waals surface area contributed by atoms with Gasteiger partial charge in [0.1, 0.15) is 0 Å². The highest BCUT2D eigenvalue weighted by molar-refractivity contribution is 6.15. The number of nitrogens with zero attached hydrogens (tertiary/aromatic N) is 2. The largest absolute Gasteiger partial charge is 0.389 e. The fourth-order valence-electron chi connectivity index (χ4n) is 7.90. The van der Waals surface area contributed by atoms with Gasteiger partial charge in [-0.1, -0.05) is 90.0 Å². The van der Waals surface area contributed by atoms with Crippen molar-refractivity contribution in [2.75, 3.05) is 66.4 Å². The first-order valence-corrected chi connectivity index (χ1v) is 18.1. The summed E-state index contributed by atoms with van der Waals surface area (Å²) in [5.74, 6) is 3.02. The maximum Gasteiger partial charge on any atom is 0.0900 e. The van der Waals surface area contributed by atoms with E-state index in [0.29, 0.717) is 29.3 Å². The molecule has 5 unspecified atom stereocenters. The summed E-state index contributed by atoms with van der Waals surface area (Å²) in [5.41, 5.74) is 1.27. The molecule has 0 radical (unpaired) electrons. The number of quaternary nitrogens is 1. The van der Waals surface area contributed by atoms with Crippen molar-refractivity contribution in [2.24, 2.45) is 45.3 Å². The number of alkyl halides is 1. The molecule has 2 aliphatic heterocycles. The van der Waals surface area contributed by atoms with Crippen LogP contribution in [0.1, 0.15) is 122 Å². The van der Waals surface area contributed by atoms with Gasteiger partial charge in [0.05, 0.1) is 39.9 Å². The molecule has 0 amide bonds. The van der Waals surface area contributed by atoms with Crippen LogP contribution in [0, 0.1) is 45.3 Å². The van der Waals surface area contributed by atoms with E-state index in [4.69, 9.17) is 4.74 Å². The molecule has 4 nitrogen and oxygen atoms in total. The molecule has 0 aromatic carbocycles. The zero-order chi connectivity index (χ0) is 33.2.